The van der Waals surface area contributed by atoms with Crippen LogP contribution in [0.3, 0.4) is 0 Å². The fourth-order valence-electron chi connectivity index (χ4n) is 2.33. The Morgan fingerprint density at radius 1 is 1.58 bits per heavy atom. The molecule has 4 nitrogen and oxygen atoms in total. The SMILES string of the molecule is COc1ccc(C(=O)N2CCC(C)(CN)C2)c(F)c1. The molecule has 1 aromatic carbocycles. The summed E-state index contributed by atoms with van der Waals surface area (Å²) in [5.41, 5.74) is 5.74. The van der Waals surface area contributed by atoms with Gasteiger partial charge in [-0.1, -0.05) is 6.92 Å². The number of nitrogens with zero attached hydrogens (tertiary/aromatic N) is 1. The first-order chi connectivity index (χ1) is 8.99. The fraction of sp³-hybridized carbons (Fsp3) is 0.500. The van der Waals surface area contributed by atoms with Gasteiger partial charge in [-0.15, -0.1) is 0 Å². The highest BCUT2D eigenvalue weighted by Gasteiger charge is 2.35. The maximum atomic E-state index is 13.9. The van der Waals surface area contributed by atoms with Crippen LogP contribution >= 0.6 is 0 Å². The van der Waals surface area contributed by atoms with Gasteiger partial charge >= 0.3 is 0 Å². The van der Waals surface area contributed by atoms with Crippen molar-refractivity contribution in [3.63, 3.8) is 0 Å². The third-order valence-corrected chi connectivity index (χ3v) is 3.74. The van der Waals surface area contributed by atoms with Crippen molar-refractivity contribution in [3.8, 4) is 5.75 Å². The summed E-state index contributed by atoms with van der Waals surface area (Å²) >= 11 is 0. The van der Waals surface area contributed by atoms with E-state index in [1.54, 1.807) is 11.0 Å². The third kappa shape index (κ3) is 2.71. The average molecular weight is 266 g/mol. The molecule has 1 saturated heterocycles. The number of halogens is 1. The van der Waals surface area contributed by atoms with E-state index in [0.717, 1.165) is 6.42 Å². The van der Waals surface area contributed by atoms with Crippen molar-refractivity contribution < 1.29 is 13.9 Å². The first kappa shape index (κ1) is 13.8. The smallest absolute Gasteiger partial charge is 0.256 e. The predicted octanol–water partition coefficient (Wildman–Crippen LogP) is 1.65. The number of amides is 1. The van der Waals surface area contributed by atoms with Gasteiger partial charge in [0.1, 0.15) is 11.6 Å². The molecular formula is C14H19FN2O2. The monoisotopic (exact) mass is 266 g/mol. The number of rotatable bonds is 3. The normalized spacial score (nSPS) is 22.6. The number of hydrogen-bond acceptors (Lipinski definition) is 3. The number of benzene rings is 1. The van der Waals surface area contributed by atoms with E-state index in [0.29, 0.717) is 25.4 Å². The molecule has 5 heteroatoms. The molecule has 0 radical (unpaired) electrons. The van der Waals surface area contributed by atoms with E-state index in [9.17, 15) is 9.18 Å². The lowest BCUT2D eigenvalue weighted by Gasteiger charge is -2.22. The lowest BCUT2D eigenvalue weighted by molar-refractivity contribution is 0.0772. The van der Waals surface area contributed by atoms with E-state index in [2.05, 4.69) is 0 Å². The van der Waals surface area contributed by atoms with Crippen LogP contribution in [0.4, 0.5) is 4.39 Å². The van der Waals surface area contributed by atoms with Crippen LogP contribution in [0.15, 0.2) is 18.2 Å². The molecule has 1 heterocycles. The van der Waals surface area contributed by atoms with Crippen LogP contribution in [0.5, 0.6) is 5.75 Å². The van der Waals surface area contributed by atoms with Crippen LogP contribution in [-0.4, -0.2) is 37.6 Å². The van der Waals surface area contributed by atoms with Crippen molar-refractivity contribution in [2.24, 2.45) is 11.1 Å². The standard InChI is InChI=1S/C14H19FN2O2/c1-14(8-16)5-6-17(9-14)13(18)11-4-3-10(19-2)7-12(11)15/h3-4,7H,5-6,8-9,16H2,1-2H3. The Kier molecular flexibility index (Phi) is 3.75. The molecule has 1 atom stereocenters. The molecule has 0 aromatic heterocycles. The van der Waals surface area contributed by atoms with Gasteiger partial charge in [0.25, 0.3) is 5.91 Å². The molecule has 1 aliphatic heterocycles. The van der Waals surface area contributed by atoms with Crippen LogP contribution in [0, 0.1) is 11.2 Å². The second-order valence-corrected chi connectivity index (χ2v) is 5.34. The summed E-state index contributed by atoms with van der Waals surface area (Å²) in [4.78, 5) is 13.9. The largest absolute Gasteiger partial charge is 0.497 e. The molecule has 1 amide bonds. The molecule has 2 rings (SSSR count). The van der Waals surface area contributed by atoms with Crippen LogP contribution in [0.25, 0.3) is 0 Å². The Bertz CT molecular complexity index is 492. The Labute approximate surface area is 112 Å². The zero-order chi connectivity index (χ0) is 14.0. The number of carbonyl (C=O) groups excluding carboxylic acids is 1. The molecule has 2 N–H and O–H groups in total. The van der Waals surface area contributed by atoms with Gasteiger partial charge < -0.3 is 15.4 Å². The number of hydrogen-bond donors (Lipinski definition) is 1. The van der Waals surface area contributed by atoms with Crippen LogP contribution in [-0.2, 0) is 0 Å². The number of methoxy groups -OCH3 is 1. The molecule has 0 bridgehead atoms. The minimum atomic E-state index is -0.550. The van der Waals surface area contributed by atoms with Crippen LogP contribution < -0.4 is 10.5 Å². The number of ether oxygens (including phenoxy) is 1. The summed E-state index contributed by atoms with van der Waals surface area (Å²) in [6.07, 6.45) is 0.854. The molecule has 0 aliphatic carbocycles. The van der Waals surface area contributed by atoms with Crippen molar-refractivity contribution >= 4 is 5.91 Å². The van der Waals surface area contributed by atoms with Crippen LogP contribution in [0.2, 0.25) is 0 Å². The second kappa shape index (κ2) is 5.17. The van der Waals surface area contributed by atoms with Gasteiger partial charge in [-0.2, -0.15) is 0 Å². The minimum absolute atomic E-state index is 0.0569. The Morgan fingerprint density at radius 2 is 2.32 bits per heavy atom. The van der Waals surface area contributed by atoms with Crippen molar-refractivity contribution in [2.75, 3.05) is 26.7 Å². The van der Waals surface area contributed by atoms with E-state index < -0.39 is 5.82 Å². The van der Waals surface area contributed by atoms with Gasteiger partial charge in [-0.05, 0) is 30.5 Å². The maximum absolute atomic E-state index is 13.9. The maximum Gasteiger partial charge on any atom is 0.256 e. The van der Waals surface area contributed by atoms with Crippen LogP contribution in [0.1, 0.15) is 23.7 Å². The summed E-state index contributed by atoms with van der Waals surface area (Å²) in [7, 11) is 1.46. The van der Waals surface area contributed by atoms with Crippen molar-refractivity contribution in [1.82, 2.24) is 4.90 Å². The highest BCUT2D eigenvalue weighted by atomic mass is 19.1. The van der Waals surface area contributed by atoms with Gasteiger partial charge in [-0.3, -0.25) is 4.79 Å². The van der Waals surface area contributed by atoms with Crippen molar-refractivity contribution in [2.45, 2.75) is 13.3 Å². The Balaban J connectivity index is 2.17. The Hall–Kier alpha value is -1.62. The van der Waals surface area contributed by atoms with Gasteiger partial charge in [-0.25, -0.2) is 4.39 Å². The quantitative estimate of drug-likeness (QED) is 0.905. The average Bonchev–Trinajstić information content (AvgIpc) is 2.81. The number of nitrogens with two attached hydrogens (primary N) is 1. The molecular weight excluding hydrogens is 247 g/mol. The summed E-state index contributed by atoms with van der Waals surface area (Å²) in [5.74, 6) is -0.426. The van der Waals surface area contributed by atoms with Crippen molar-refractivity contribution in [3.05, 3.63) is 29.6 Å². The van der Waals surface area contributed by atoms with Gasteiger partial charge in [0.2, 0.25) is 0 Å². The first-order valence-electron chi connectivity index (χ1n) is 6.32. The highest BCUT2D eigenvalue weighted by Crippen LogP contribution is 2.30. The predicted molar refractivity (Wildman–Crippen MR) is 70.6 cm³/mol. The fourth-order valence-corrected chi connectivity index (χ4v) is 2.33. The molecule has 0 saturated carbocycles. The van der Waals surface area contributed by atoms with E-state index in [4.69, 9.17) is 10.5 Å². The zero-order valence-corrected chi connectivity index (χ0v) is 11.3. The highest BCUT2D eigenvalue weighted by molar-refractivity contribution is 5.94. The second-order valence-electron chi connectivity index (χ2n) is 5.34. The molecule has 1 aromatic rings. The number of carbonyl (C=O) groups is 1. The lowest BCUT2D eigenvalue weighted by Crippen LogP contribution is -2.34. The first-order valence-corrected chi connectivity index (χ1v) is 6.32. The van der Waals surface area contributed by atoms with Crippen molar-refractivity contribution in [1.29, 1.82) is 0 Å². The van der Waals surface area contributed by atoms with E-state index in [1.807, 2.05) is 6.92 Å². The summed E-state index contributed by atoms with van der Waals surface area (Å²) < 4.78 is 18.8. The molecule has 1 unspecified atom stereocenters. The van der Waals surface area contributed by atoms with E-state index >= 15 is 0 Å². The summed E-state index contributed by atoms with van der Waals surface area (Å²) in [6, 6.07) is 4.29. The zero-order valence-electron chi connectivity index (χ0n) is 11.3. The topological polar surface area (TPSA) is 55.6 Å². The molecule has 0 spiro atoms. The summed E-state index contributed by atoms with van der Waals surface area (Å²) in [6.45, 7) is 3.78. The number of likely N-dealkylation sites (tertiary alicyclic amines) is 1. The molecule has 1 aliphatic rings. The van der Waals surface area contributed by atoms with Gasteiger partial charge in [0.15, 0.2) is 0 Å². The van der Waals surface area contributed by atoms with Gasteiger partial charge in [0, 0.05) is 19.2 Å². The molecule has 1 fully saturated rings. The van der Waals surface area contributed by atoms with E-state index in [-0.39, 0.29) is 16.9 Å². The Morgan fingerprint density at radius 3 is 2.84 bits per heavy atom. The lowest BCUT2D eigenvalue weighted by atomic mass is 9.90. The van der Waals surface area contributed by atoms with E-state index in [1.165, 1.54) is 19.2 Å². The van der Waals surface area contributed by atoms with Gasteiger partial charge in [0.05, 0.1) is 12.7 Å². The molecule has 104 valence electrons. The summed E-state index contributed by atoms with van der Waals surface area (Å²) in [5, 5.41) is 0. The minimum Gasteiger partial charge on any atom is -0.497 e. The third-order valence-electron chi connectivity index (χ3n) is 3.74. The molecule has 19 heavy (non-hydrogen) atoms.